The second-order valence-corrected chi connectivity index (χ2v) is 5.04. The fraction of sp³-hybridized carbons (Fsp3) is 0.125. The van der Waals surface area contributed by atoms with Gasteiger partial charge in [0.15, 0.2) is 0 Å². The fourth-order valence-corrected chi connectivity index (χ4v) is 2.41. The van der Waals surface area contributed by atoms with Crippen molar-refractivity contribution in [1.82, 2.24) is 14.8 Å². The van der Waals surface area contributed by atoms with Crippen LogP contribution in [-0.4, -0.2) is 30.8 Å². The maximum absolute atomic E-state index is 10.7. The number of carboxylic acids is 1. The molecule has 0 aromatic carbocycles. The number of aromatic carboxylic acids is 1. The smallest absolute Gasteiger partial charge is 0.477 e. The van der Waals surface area contributed by atoms with Crippen LogP contribution in [0.15, 0.2) is 16.9 Å². The first-order chi connectivity index (χ1) is 8.47. The van der Waals surface area contributed by atoms with Gasteiger partial charge in [0.05, 0.1) is 6.54 Å². The molecule has 0 bridgehead atoms. The molecule has 2 heterocycles. The van der Waals surface area contributed by atoms with Gasteiger partial charge in [-0.1, -0.05) is 0 Å². The van der Waals surface area contributed by atoms with Crippen LogP contribution in [0, 0.1) is 10.1 Å². The van der Waals surface area contributed by atoms with Crippen molar-refractivity contribution in [2.45, 2.75) is 6.54 Å². The molecule has 10 heteroatoms. The maximum atomic E-state index is 10.7. The van der Waals surface area contributed by atoms with Crippen LogP contribution in [0.4, 0.5) is 5.95 Å². The third-order valence-corrected chi connectivity index (χ3v) is 3.60. The van der Waals surface area contributed by atoms with E-state index in [-0.39, 0.29) is 16.2 Å². The molecule has 2 rings (SSSR count). The number of rotatable bonds is 4. The second kappa shape index (κ2) is 4.82. The Kier molecular flexibility index (Phi) is 3.39. The summed E-state index contributed by atoms with van der Waals surface area (Å²) in [7, 11) is 0. The van der Waals surface area contributed by atoms with Gasteiger partial charge in [-0.3, -0.25) is 0 Å². The predicted molar refractivity (Wildman–Crippen MR) is 64.8 cm³/mol. The normalized spacial score (nSPS) is 10.5. The number of thiophene rings is 1. The number of halogens is 1. The van der Waals surface area contributed by atoms with Gasteiger partial charge in [0.2, 0.25) is 0 Å². The van der Waals surface area contributed by atoms with E-state index in [1.54, 1.807) is 6.07 Å². The topological polar surface area (TPSA) is 111 Å². The van der Waals surface area contributed by atoms with E-state index in [0.717, 1.165) is 11.3 Å². The van der Waals surface area contributed by atoms with Gasteiger partial charge in [-0.2, -0.15) is 4.68 Å². The van der Waals surface area contributed by atoms with Crippen molar-refractivity contribution in [2.24, 2.45) is 0 Å². The molecule has 94 valence electrons. The summed E-state index contributed by atoms with van der Waals surface area (Å²) in [5.74, 6) is -1.51. The monoisotopic (exact) mass is 332 g/mol. The van der Waals surface area contributed by atoms with Crippen molar-refractivity contribution in [3.63, 3.8) is 0 Å². The molecule has 0 aliphatic heterocycles. The first-order valence-electron chi connectivity index (χ1n) is 4.54. The molecular formula is C8H5BrN4O4S. The van der Waals surface area contributed by atoms with Crippen LogP contribution in [0.1, 0.15) is 14.5 Å². The van der Waals surface area contributed by atoms with E-state index in [9.17, 15) is 14.9 Å². The highest BCUT2D eigenvalue weighted by Crippen LogP contribution is 2.20. The van der Waals surface area contributed by atoms with Crippen LogP contribution in [-0.2, 0) is 6.54 Å². The zero-order valence-corrected chi connectivity index (χ0v) is 11.0. The van der Waals surface area contributed by atoms with E-state index >= 15 is 0 Å². The van der Waals surface area contributed by atoms with Crippen molar-refractivity contribution in [3.05, 3.63) is 36.7 Å². The molecule has 0 aliphatic rings. The van der Waals surface area contributed by atoms with Crippen molar-refractivity contribution in [2.75, 3.05) is 0 Å². The Morgan fingerprint density at radius 2 is 2.33 bits per heavy atom. The lowest BCUT2D eigenvalue weighted by Crippen LogP contribution is -2.01. The number of hydrogen-bond donors (Lipinski definition) is 1. The summed E-state index contributed by atoms with van der Waals surface area (Å²) in [5.41, 5.74) is 0. The molecule has 0 amide bonds. The zero-order valence-electron chi connectivity index (χ0n) is 8.61. The van der Waals surface area contributed by atoms with Crippen LogP contribution in [0.25, 0.3) is 0 Å². The summed E-state index contributed by atoms with van der Waals surface area (Å²) in [6, 6.07) is 3.11. The summed E-state index contributed by atoms with van der Waals surface area (Å²) in [6.07, 6.45) is 0. The van der Waals surface area contributed by atoms with Crippen LogP contribution in [0.2, 0.25) is 0 Å². The summed E-state index contributed by atoms with van der Waals surface area (Å²) < 4.78 is 1.51. The predicted octanol–water partition coefficient (Wildman–Crippen LogP) is 1.76. The number of aromatic nitrogens is 3. The third kappa shape index (κ3) is 2.54. The van der Waals surface area contributed by atoms with Gasteiger partial charge in [-0.15, -0.1) is 11.3 Å². The average Bonchev–Trinajstić information content (AvgIpc) is 2.87. The van der Waals surface area contributed by atoms with Gasteiger partial charge < -0.3 is 15.2 Å². The number of carboxylic acid groups (broad SMARTS) is 1. The van der Waals surface area contributed by atoms with E-state index in [2.05, 4.69) is 26.0 Å². The van der Waals surface area contributed by atoms with Crippen LogP contribution in [0.3, 0.4) is 0 Å². The van der Waals surface area contributed by atoms with Crippen LogP contribution in [0.5, 0.6) is 0 Å². The molecule has 1 N–H and O–H groups in total. The molecule has 0 atom stereocenters. The number of carbonyl (C=O) groups is 1. The van der Waals surface area contributed by atoms with E-state index in [0.29, 0.717) is 4.88 Å². The van der Waals surface area contributed by atoms with Crippen molar-refractivity contribution < 1.29 is 14.8 Å². The minimum atomic E-state index is -1.00. The van der Waals surface area contributed by atoms with Gasteiger partial charge >= 0.3 is 11.9 Å². The first kappa shape index (κ1) is 12.6. The fourth-order valence-electron chi connectivity index (χ4n) is 1.22. The first-order valence-corrected chi connectivity index (χ1v) is 6.15. The van der Waals surface area contributed by atoms with Crippen molar-refractivity contribution in [1.29, 1.82) is 0 Å². The van der Waals surface area contributed by atoms with Crippen molar-refractivity contribution in [3.8, 4) is 0 Å². The van der Waals surface area contributed by atoms with E-state index in [1.807, 2.05) is 0 Å². The molecule has 8 nitrogen and oxygen atoms in total. The summed E-state index contributed by atoms with van der Waals surface area (Å²) in [4.78, 5) is 25.0. The van der Waals surface area contributed by atoms with Gasteiger partial charge in [0.1, 0.15) is 4.88 Å². The highest BCUT2D eigenvalue weighted by Gasteiger charge is 2.20. The lowest BCUT2D eigenvalue weighted by Gasteiger charge is -1.93. The minimum absolute atomic E-state index is 0.204. The van der Waals surface area contributed by atoms with E-state index < -0.39 is 16.8 Å². The Morgan fingerprint density at radius 3 is 2.83 bits per heavy atom. The van der Waals surface area contributed by atoms with Crippen LogP contribution >= 0.6 is 27.3 Å². The van der Waals surface area contributed by atoms with Crippen LogP contribution < -0.4 is 0 Å². The Bertz CT molecular complexity index is 622. The molecule has 0 radical (unpaired) electrons. The average molecular weight is 333 g/mol. The highest BCUT2D eigenvalue weighted by atomic mass is 79.9. The number of hydrogen-bond acceptors (Lipinski definition) is 6. The molecule has 0 aliphatic carbocycles. The molecule has 0 spiro atoms. The molecular weight excluding hydrogens is 328 g/mol. The largest absolute Gasteiger partial charge is 0.492 e. The SMILES string of the molecule is O=C(O)c1ccc(Cn2nc([N+](=O)[O-])nc2Br)s1. The molecule has 2 aromatic heterocycles. The Balaban J connectivity index is 2.22. The summed E-state index contributed by atoms with van der Waals surface area (Å²) in [6.45, 7) is 0.222. The molecule has 0 saturated heterocycles. The lowest BCUT2D eigenvalue weighted by atomic mass is 10.4. The van der Waals surface area contributed by atoms with E-state index in [4.69, 9.17) is 5.11 Å². The van der Waals surface area contributed by atoms with Crippen molar-refractivity contribution >= 4 is 39.2 Å². The zero-order chi connectivity index (χ0) is 13.3. The number of nitrogens with zero attached hydrogens (tertiary/aromatic N) is 4. The lowest BCUT2D eigenvalue weighted by molar-refractivity contribution is -0.394. The number of nitro groups is 1. The minimum Gasteiger partial charge on any atom is -0.477 e. The molecule has 0 unspecified atom stereocenters. The maximum Gasteiger partial charge on any atom is 0.492 e. The molecule has 0 fully saturated rings. The summed E-state index contributed by atoms with van der Waals surface area (Å²) >= 11 is 4.14. The van der Waals surface area contributed by atoms with Gasteiger partial charge in [0.25, 0.3) is 4.73 Å². The van der Waals surface area contributed by atoms with Gasteiger partial charge in [-0.05, 0) is 22.0 Å². The quantitative estimate of drug-likeness (QED) is 0.674. The van der Waals surface area contributed by atoms with Gasteiger partial charge in [0, 0.05) is 25.9 Å². The Morgan fingerprint density at radius 1 is 1.61 bits per heavy atom. The molecule has 0 saturated carbocycles. The van der Waals surface area contributed by atoms with E-state index in [1.165, 1.54) is 10.7 Å². The Hall–Kier alpha value is -1.81. The van der Waals surface area contributed by atoms with Gasteiger partial charge in [-0.25, -0.2) is 4.79 Å². The second-order valence-electron chi connectivity index (χ2n) is 3.17. The Labute approximate surface area is 112 Å². The standard InChI is InChI=1S/C8H5BrN4O4S/c9-7-10-8(13(16)17)11-12(7)3-4-1-2-5(18-4)6(14)15/h1-2H,3H2,(H,14,15). The highest BCUT2D eigenvalue weighted by molar-refractivity contribution is 9.10. The third-order valence-electron chi connectivity index (χ3n) is 1.96. The molecule has 18 heavy (non-hydrogen) atoms. The molecule has 2 aromatic rings. The summed E-state index contributed by atoms with van der Waals surface area (Å²) in [5, 5.41) is 22.9.